The van der Waals surface area contributed by atoms with Gasteiger partial charge in [0.2, 0.25) is 0 Å². The van der Waals surface area contributed by atoms with E-state index in [1.807, 2.05) is 54.6 Å². The number of esters is 1. The van der Waals surface area contributed by atoms with E-state index in [0.717, 1.165) is 45.5 Å². The highest BCUT2D eigenvalue weighted by Crippen LogP contribution is 2.38. The monoisotopic (exact) mass is 384 g/mol. The molecule has 1 heterocycles. The average molecular weight is 384 g/mol. The molecule has 3 aromatic rings. The van der Waals surface area contributed by atoms with Gasteiger partial charge >= 0.3 is 5.97 Å². The van der Waals surface area contributed by atoms with Crippen LogP contribution in [0.15, 0.2) is 48.5 Å². The number of hydrogen-bond donors (Lipinski definition) is 0. The Labute approximate surface area is 169 Å². The Hall–Kier alpha value is -3.65. The number of allylic oxidation sites excluding steroid dienone is 1. The SMILES string of the molecule is COc1ccc(/C=C2\CCc3c2nc2ccccc2c3C(=O)O[C@H](C)C#N)cc1. The standard InChI is InChI=1S/C24H20N2O3/c1-15(14-25)29-24(27)22-19-5-3-4-6-21(19)26-23-17(9-12-20(22)23)13-16-7-10-18(28-2)11-8-16/h3-8,10-11,13,15H,9,12H2,1-2H3/b17-13+/t15-/m1/s1. The third-order valence-electron chi connectivity index (χ3n) is 5.07. The van der Waals surface area contributed by atoms with Crippen molar-refractivity contribution in [2.75, 3.05) is 7.11 Å². The van der Waals surface area contributed by atoms with Gasteiger partial charge in [0.25, 0.3) is 0 Å². The molecule has 0 saturated carbocycles. The molecular weight excluding hydrogens is 364 g/mol. The molecule has 5 nitrogen and oxygen atoms in total. The summed E-state index contributed by atoms with van der Waals surface area (Å²) in [5.41, 5.74) is 5.11. The Morgan fingerprint density at radius 3 is 2.66 bits per heavy atom. The van der Waals surface area contributed by atoms with Crippen LogP contribution in [0.2, 0.25) is 0 Å². The molecule has 0 bridgehead atoms. The lowest BCUT2D eigenvalue weighted by Gasteiger charge is -2.13. The van der Waals surface area contributed by atoms with Crippen molar-refractivity contribution in [2.24, 2.45) is 0 Å². The van der Waals surface area contributed by atoms with Crippen LogP contribution in [0.4, 0.5) is 0 Å². The summed E-state index contributed by atoms with van der Waals surface area (Å²) >= 11 is 0. The van der Waals surface area contributed by atoms with Gasteiger partial charge in [0, 0.05) is 5.39 Å². The third kappa shape index (κ3) is 3.57. The van der Waals surface area contributed by atoms with Crippen LogP contribution in [0, 0.1) is 11.3 Å². The van der Waals surface area contributed by atoms with Gasteiger partial charge in [0.05, 0.1) is 23.9 Å². The minimum absolute atomic E-state index is 0.473. The fourth-order valence-corrected chi connectivity index (χ4v) is 3.66. The maximum absolute atomic E-state index is 12.9. The van der Waals surface area contributed by atoms with Crippen LogP contribution in [0.1, 0.15) is 40.5 Å². The summed E-state index contributed by atoms with van der Waals surface area (Å²) < 4.78 is 10.6. The van der Waals surface area contributed by atoms with E-state index in [4.69, 9.17) is 19.7 Å². The molecule has 0 fully saturated rings. The Kier molecular flexibility index (Phi) is 5.01. The van der Waals surface area contributed by atoms with Crippen molar-refractivity contribution < 1.29 is 14.3 Å². The molecule has 0 saturated heterocycles. The predicted octanol–water partition coefficient (Wildman–Crippen LogP) is 4.80. The molecule has 0 radical (unpaired) electrons. The van der Waals surface area contributed by atoms with E-state index >= 15 is 0 Å². The first-order valence-corrected chi connectivity index (χ1v) is 9.48. The molecule has 144 valence electrons. The first kappa shape index (κ1) is 18.7. The van der Waals surface area contributed by atoms with Crippen molar-refractivity contribution in [3.63, 3.8) is 0 Å². The molecule has 0 amide bonds. The maximum Gasteiger partial charge on any atom is 0.340 e. The molecule has 0 unspecified atom stereocenters. The molecule has 0 aliphatic heterocycles. The highest BCUT2D eigenvalue weighted by molar-refractivity contribution is 6.07. The van der Waals surface area contributed by atoms with E-state index < -0.39 is 12.1 Å². The van der Waals surface area contributed by atoms with Gasteiger partial charge in [-0.25, -0.2) is 9.78 Å². The highest BCUT2D eigenvalue weighted by atomic mass is 16.5. The van der Waals surface area contributed by atoms with Crippen LogP contribution in [-0.4, -0.2) is 24.2 Å². The van der Waals surface area contributed by atoms with Crippen molar-refractivity contribution in [1.82, 2.24) is 4.98 Å². The zero-order chi connectivity index (χ0) is 20.4. The Morgan fingerprint density at radius 1 is 1.17 bits per heavy atom. The lowest BCUT2D eigenvalue weighted by atomic mass is 10.0. The minimum Gasteiger partial charge on any atom is -0.497 e. The van der Waals surface area contributed by atoms with Crippen LogP contribution in [-0.2, 0) is 11.2 Å². The van der Waals surface area contributed by atoms with Gasteiger partial charge in [-0.05, 0) is 60.7 Å². The first-order valence-electron chi connectivity index (χ1n) is 9.48. The summed E-state index contributed by atoms with van der Waals surface area (Å²) in [7, 11) is 1.64. The van der Waals surface area contributed by atoms with Gasteiger partial charge in [0.1, 0.15) is 11.8 Å². The van der Waals surface area contributed by atoms with E-state index in [2.05, 4.69) is 6.08 Å². The van der Waals surface area contributed by atoms with Crippen molar-refractivity contribution in [2.45, 2.75) is 25.9 Å². The van der Waals surface area contributed by atoms with E-state index in [-0.39, 0.29) is 0 Å². The zero-order valence-corrected chi connectivity index (χ0v) is 16.3. The predicted molar refractivity (Wildman–Crippen MR) is 111 cm³/mol. The zero-order valence-electron chi connectivity index (χ0n) is 16.3. The molecule has 1 atom stereocenters. The van der Waals surface area contributed by atoms with Crippen LogP contribution < -0.4 is 4.74 Å². The van der Waals surface area contributed by atoms with Crippen molar-refractivity contribution in [3.8, 4) is 11.8 Å². The summed E-state index contributed by atoms with van der Waals surface area (Å²) in [6.07, 6.45) is 2.79. The second-order valence-corrected chi connectivity index (χ2v) is 6.95. The van der Waals surface area contributed by atoms with Crippen LogP contribution in [0.25, 0.3) is 22.6 Å². The Bertz CT molecular complexity index is 1160. The minimum atomic E-state index is -0.805. The number of aromatic nitrogens is 1. The molecule has 5 heteroatoms. The van der Waals surface area contributed by atoms with Crippen molar-refractivity contribution in [1.29, 1.82) is 5.26 Å². The Morgan fingerprint density at radius 2 is 1.93 bits per heavy atom. The molecular formula is C24H20N2O3. The second kappa shape index (κ2) is 7.76. The number of carbonyl (C=O) groups excluding carboxylic acids is 1. The molecule has 1 aromatic heterocycles. The average Bonchev–Trinajstić information content (AvgIpc) is 3.14. The van der Waals surface area contributed by atoms with E-state index in [0.29, 0.717) is 12.0 Å². The highest BCUT2D eigenvalue weighted by Gasteiger charge is 2.28. The van der Waals surface area contributed by atoms with E-state index in [1.54, 1.807) is 14.0 Å². The van der Waals surface area contributed by atoms with Crippen LogP contribution in [0.3, 0.4) is 0 Å². The third-order valence-corrected chi connectivity index (χ3v) is 5.07. The normalized spacial score (nSPS) is 15.0. The summed E-state index contributed by atoms with van der Waals surface area (Å²) in [4.78, 5) is 17.7. The summed E-state index contributed by atoms with van der Waals surface area (Å²) in [5, 5.41) is 9.78. The summed E-state index contributed by atoms with van der Waals surface area (Å²) in [5.74, 6) is 0.333. The number of benzene rings is 2. The number of methoxy groups -OCH3 is 1. The van der Waals surface area contributed by atoms with Crippen molar-refractivity contribution in [3.05, 3.63) is 70.9 Å². The Balaban J connectivity index is 1.83. The molecule has 0 spiro atoms. The van der Waals surface area contributed by atoms with Crippen LogP contribution in [0.5, 0.6) is 5.75 Å². The molecule has 1 aliphatic carbocycles. The van der Waals surface area contributed by atoms with Gasteiger partial charge in [-0.1, -0.05) is 30.3 Å². The summed E-state index contributed by atoms with van der Waals surface area (Å²) in [6.45, 7) is 1.57. The van der Waals surface area contributed by atoms with Crippen LogP contribution >= 0.6 is 0 Å². The van der Waals surface area contributed by atoms with Gasteiger partial charge in [-0.2, -0.15) is 5.26 Å². The van der Waals surface area contributed by atoms with Gasteiger partial charge < -0.3 is 9.47 Å². The molecule has 0 N–H and O–H groups in total. The maximum atomic E-state index is 12.9. The van der Waals surface area contributed by atoms with Gasteiger partial charge in [-0.15, -0.1) is 0 Å². The number of carbonyl (C=O) groups is 1. The van der Waals surface area contributed by atoms with Gasteiger partial charge in [-0.3, -0.25) is 0 Å². The topological polar surface area (TPSA) is 72.2 Å². The number of hydrogen-bond acceptors (Lipinski definition) is 5. The largest absolute Gasteiger partial charge is 0.497 e. The molecule has 1 aliphatic rings. The lowest BCUT2D eigenvalue weighted by molar-refractivity contribution is 0.0436. The molecule has 29 heavy (non-hydrogen) atoms. The second-order valence-electron chi connectivity index (χ2n) is 6.95. The molecule has 4 rings (SSSR count). The number of rotatable bonds is 4. The van der Waals surface area contributed by atoms with E-state index in [9.17, 15) is 4.79 Å². The van der Waals surface area contributed by atoms with E-state index in [1.165, 1.54) is 0 Å². The number of fused-ring (bicyclic) bond motifs is 2. The van der Waals surface area contributed by atoms with Gasteiger partial charge in [0.15, 0.2) is 6.10 Å². The number of pyridine rings is 1. The number of ether oxygens (including phenoxy) is 2. The number of nitriles is 1. The number of para-hydroxylation sites is 1. The van der Waals surface area contributed by atoms with Crippen molar-refractivity contribution >= 4 is 28.5 Å². The fraction of sp³-hybridized carbons (Fsp3) is 0.208. The quantitative estimate of drug-likeness (QED) is 0.604. The number of nitrogens with zero attached hydrogens (tertiary/aromatic N) is 2. The summed E-state index contributed by atoms with van der Waals surface area (Å²) in [6, 6.07) is 17.3. The molecule has 2 aromatic carbocycles. The first-order chi connectivity index (χ1) is 14.1. The lowest BCUT2D eigenvalue weighted by Crippen LogP contribution is -2.16. The fourth-order valence-electron chi connectivity index (χ4n) is 3.66. The smallest absolute Gasteiger partial charge is 0.340 e.